The van der Waals surface area contributed by atoms with Crippen LogP contribution in [0.3, 0.4) is 0 Å². The molecule has 6 heteroatoms. The second-order valence-corrected chi connectivity index (χ2v) is 7.50. The van der Waals surface area contributed by atoms with Gasteiger partial charge in [-0.2, -0.15) is 0 Å². The van der Waals surface area contributed by atoms with Gasteiger partial charge in [-0.15, -0.1) is 11.8 Å². The van der Waals surface area contributed by atoms with Gasteiger partial charge in [0.05, 0.1) is 10.9 Å². The molecule has 1 atom stereocenters. The highest BCUT2D eigenvalue weighted by Crippen LogP contribution is 2.25. The zero-order chi connectivity index (χ0) is 16.2. The quantitative estimate of drug-likeness (QED) is 0.665. The van der Waals surface area contributed by atoms with Gasteiger partial charge < -0.3 is 10.2 Å². The van der Waals surface area contributed by atoms with Crippen LogP contribution in [0.25, 0.3) is 0 Å². The Morgan fingerprint density at radius 2 is 2.23 bits per heavy atom. The summed E-state index contributed by atoms with van der Waals surface area (Å²) in [6.07, 6.45) is 2.07. The lowest BCUT2D eigenvalue weighted by atomic mass is 10.1. The number of rotatable bonds is 5. The molecule has 2 amide bonds. The van der Waals surface area contributed by atoms with Crippen molar-refractivity contribution in [2.45, 2.75) is 37.8 Å². The fraction of sp³-hybridized carbons (Fsp3) is 0.562. The van der Waals surface area contributed by atoms with Crippen LogP contribution in [-0.4, -0.2) is 46.1 Å². The minimum Gasteiger partial charge on any atom is -0.355 e. The second-order valence-electron chi connectivity index (χ2n) is 6.38. The number of likely N-dealkylation sites (tertiary alicyclic amines) is 1. The molecular formula is C16H23N3O2S. The molecule has 1 aromatic rings. The Bertz CT molecular complexity index is 528. The van der Waals surface area contributed by atoms with Crippen LogP contribution in [0.15, 0.2) is 29.4 Å². The number of carbonyl (C=O) groups excluding carboxylic acids is 2. The van der Waals surface area contributed by atoms with Crippen molar-refractivity contribution in [3.8, 4) is 0 Å². The normalized spacial score (nSPS) is 18.6. The molecule has 1 N–H and O–H groups in total. The van der Waals surface area contributed by atoms with E-state index in [0.717, 1.165) is 10.8 Å². The SMILES string of the molecule is CC(C)(C)N1C[C@H](C(=O)NCCSc2ccccn2)CC1=O. The molecule has 0 radical (unpaired) electrons. The van der Waals surface area contributed by atoms with Gasteiger partial charge in [-0.05, 0) is 32.9 Å². The number of hydrogen-bond acceptors (Lipinski definition) is 4. The minimum atomic E-state index is -0.230. The molecule has 2 heterocycles. The first kappa shape index (κ1) is 16.8. The third-order valence-electron chi connectivity index (χ3n) is 3.59. The summed E-state index contributed by atoms with van der Waals surface area (Å²) >= 11 is 1.61. The molecule has 1 aliphatic heterocycles. The van der Waals surface area contributed by atoms with Crippen LogP contribution in [-0.2, 0) is 9.59 Å². The lowest BCUT2D eigenvalue weighted by molar-refractivity contribution is -0.132. The largest absolute Gasteiger partial charge is 0.355 e. The van der Waals surface area contributed by atoms with Crippen molar-refractivity contribution >= 4 is 23.6 Å². The lowest BCUT2D eigenvalue weighted by Gasteiger charge is -2.31. The van der Waals surface area contributed by atoms with E-state index in [4.69, 9.17) is 0 Å². The predicted molar refractivity (Wildman–Crippen MR) is 87.5 cm³/mol. The van der Waals surface area contributed by atoms with Gasteiger partial charge in [-0.1, -0.05) is 6.07 Å². The second kappa shape index (κ2) is 7.13. The first-order valence-corrected chi connectivity index (χ1v) is 8.48. The smallest absolute Gasteiger partial charge is 0.225 e. The maximum Gasteiger partial charge on any atom is 0.225 e. The summed E-state index contributed by atoms with van der Waals surface area (Å²) in [4.78, 5) is 30.2. The number of thioether (sulfide) groups is 1. The van der Waals surface area contributed by atoms with Crippen molar-refractivity contribution in [3.63, 3.8) is 0 Å². The average molecular weight is 321 g/mol. The molecule has 0 saturated carbocycles. The Morgan fingerprint density at radius 3 is 2.82 bits per heavy atom. The van der Waals surface area contributed by atoms with Crippen LogP contribution in [0.4, 0.5) is 0 Å². The number of amides is 2. The Balaban J connectivity index is 1.73. The summed E-state index contributed by atoms with van der Waals surface area (Å²) < 4.78 is 0. The van der Waals surface area contributed by atoms with E-state index in [1.165, 1.54) is 0 Å². The Kier molecular flexibility index (Phi) is 5.45. The summed E-state index contributed by atoms with van der Waals surface area (Å²) in [7, 11) is 0. The van der Waals surface area contributed by atoms with Crippen molar-refractivity contribution in [1.82, 2.24) is 15.2 Å². The van der Waals surface area contributed by atoms with Crippen molar-refractivity contribution in [1.29, 1.82) is 0 Å². The van der Waals surface area contributed by atoms with Crippen LogP contribution in [0, 0.1) is 5.92 Å². The number of nitrogens with zero attached hydrogens (tertiary/aromatic N) is 2. The number of pyridine rings is 1. The van der Waals surface area contributed by atoms with Crippen LogP contribution >= 0.6 is 11.8 Å². The molecule has 0 bridgehead atoms. The Hall–Kier alpha value is -1.56. The van der Waals surface area contributed by atoms with Crippen molar-refractivity contribution in [2.24, 2.45) is 5.92 Å². The lowest BCUT2D eigenvalue weighted by Crippen LogP contribution is -2.43. The monoisotopic (exact) mass is 321 g/mol. The van der Waals surface area contributed by atoms with Crippen molar-refractivity contribution in [2.75, 3.05) is 18.8 Å². The van der Waals surface area contributed by atoms with Crippen LogP contribution in [0.2, 0.25) is 0 Å². The van der Waals surface area contributed by atoms with Crippen LogP contribution < -0.4 is 5.32 Å². The molecule has 0 aromatic carbocycles. The van der Waals surface area contributed by atoms with E-state index in [1.807, 2.05) is 39.0 Å². The Labute approximate surface area is 135 Å². The summed E-state index contributed by atoms with van der Waals surface area (Å²) in [5.74, 6) is 0.579. The van der Waals surface area contributed by atoms with Crippen LogP contribution in [0.1, 0.15) is 27.2 Å². The molecule has 1 aliphatic rings. The topological polar surface area (TPSA) is 62.3 Å². The number of nitrogens with one attached hydrogen (secondary N) is 1. The number of carbonyl (C=O) groups is 2. The summed E-state index contributed by atoms with van der Waals surface area (Å²) in [5, 5.41) is 3.87. The van der Waals surface area contributed by atoms with E-state index in [2.05, 4.69) is 10.3 Å². The highest BCUT2D eigenvalue weighted by molar-refractivity contribution is 7.99. The third-order valence-corrected chi connectivity index (χ3v) is 4.54. The molecule has 1 aromatic heterocycles. The maximum atomic E-state index is 12.2. The highest BCUT2D eigenvalue weighted by atomic mass is 32.2. The fourth-order valence-electron chi connectivity index (χ4n) is 2.44. The molecule has 0 aliphatic carbocycles. The van der Waals surface area contributed by atoms with Gasteiger partial charge in [-0.3, -0.25) is 9.59 Å². The van der Waals surface area contributed by atoms with Crippen LogP contribution in [0.5, 0.6) is 0 Å². The van der Waals surface area contributed by atoms with Crippen molar-refractivity contribution in [3.05, 3.63) is 24.4 Å². The highest BCUT2D eigenvalue weighted by Gasteiger charge is 2.39. The van der Waals surface area contributed by atoms with E-state index < -0.39 is 0 Å². The Morgan fingerprint density at radius 1 is 1.45 bits per heavy atom. The molecule has 0 unspecified atom stereocenters. The van der Waals surface area contributed by atoms with Gasteiger partial charge in [0.2, 0.25) is 11.8 Å². The fourth-order valence-corrected chi connectivity index (χ4v) is 3.16. The van der Waals surface area contributed by atoms with E-state index in [0.29, 0.717) is 19.5 Å². The van der Waals surface area contributed by atoms with E-state index in [1.54, 1.807) is 22.9 Å². The van der Waals surface area contributed by atoms with Gasteiger partial charge >= 0.3 is 0 Å². The summed E-state index contributed by atoms with van der Waals surface area (Å²) in [5.41, 5.74) is -0.221. The molecule has 5 nitrogen and oxygen atoms in total. The van der Waals surface area contributed by atoms with Gasteiger partial charge in [0, 0.05) is 37.0 Å². The van der Waals surface area contributed by atoms with Gasteiger partial charge in [0.15, 0.2) is 0 Å². The van der Waals surface area contributed by atoms with E-state index >= 15 is 0 Å². The number of hydrogen-bond donors (Lipinski definition) is 1. The van der Waals surface area contributed by atoms with Gasteiger partial charge in [-0.25, -0.2) is 4.98 Å². The summed E-state index contributed by atoms with van der Waals surface area (Å²) in [6, 6.07) is 5.77. The summed E-state index contributed by atoms with van der Waals surface area (Å²) in [6.45, 7) is 7.08. The third kappa shape index (κ3) is 4.47. The van der Waals surface area contributed by atoms with Gasteiger partial charge in [0.1, 0.15) is 0 Å². The van der Waals surface area contributed by atoms with E-state index in [9.17, 15) is 9.59 Å². The number of aromatic nitrogens is 1. The average Bonchev–Trinajstić information content (AvgIpc) is 2.87. The predicted octanol–water partition coefficient (Wildman–Crippen LogP) is 1.94. The first-order chi connectivity index (χ1) is 10.4. The molecule has 0 spiro atoms. The molecule has 1 saturated heterocycles. The van der Waals surface area contributed by atoms with E-state index in [-0.39, 0.29) is 23.3 Å². The minimum absolute atomic E-state index is 0.0262. The van der Waals surface area contributed by atoms with Crippen molar-refractivity contribution < 1.29 is 9.59 Å². The zero-order valence-electron chi connectivity index (χ0n) is 13.3. The maximum absolute atomic E-state index is 12.2. The zero-order valence-corrected chi connectivity index (χ0v) is 14.2. The molecule has 22 heavy (non-hydrogen) atoms. The molecule has 120 valence electrons. The molecule has 1 fully saturated rings. The first-order valence-electron chi connectivity index (χ1n) is 7.50. The molecular weight excluding hydrogens is 298 g/mol. The molecule has 2 rings (SSSR count). The van der Waals surface area contributed by atoms with Gasteiger partial charge in [0.25, 0.3) is 0 Å². The standard InChI is InChI=1S/C16H23N3O2S/c1-16(2,3)19-11-12(10-14(19)20)15(21)18-8-9-22-13-6-4-5-7-17-13/h4-7,12H,8-11H2,1-3H3,(H,18,21)/t12-/m1/s1.